The molecular formula is C27H24FN3O2S. The molecule has 0 radical (unpaired) electrons. The van der Waals surface area contributed by atoms with Gasteiger partial charge in [0.15, 0.2) is 0 Å². The average molecular weight is 474 g/mol. The predicted molar refractivity (Wildman–Crippen MR) is 131 cm³/mol. The minimum Gasteiger partial charge on any atom is -0.480 e. The first-order valence-corrected chi connectivity index (χ1v) is 12.3. The second kappa shape index (κ2) is 7.96. The number of carbonyl (C=O) groups is 1. The first kappa shape index (κ1) is 21.4. The number of fused-ring (bicyclic) bond motifs is 1. The number of halogens is 1. The van der Waals surface area contributed by atoms with E-state index in [-0.39, 0.29) is 17.2 Å². The lowest BCUT2D eigenvalue weighted by atomic mass is 9.92. The molecule has 6 rings (SSSR count). The Balaban J connectivity index is 1.30. The molecule has 4 aromatic rings. The lowest BCUT2D eigenvalue weighted by Crippen LogP contribution is -2.32. The number of thiazole rings is 1. The van der Waals surface area contributed by atoms with Crippen LogP contribution >= 0.6 is 11.3 Å². The molecule has 1 aliphatic carbocycles. The Morgan fingerprint density at radius 3 is 2.59 bits per heavy atom. The SMILES string of the molecule is CN1CC(c2ccc(-c3nc4ccc(C5(c6ccccc6)CC5)nc4s3)c(F)c2)CC1C(=O)O. The number of rotatable bonds is 5. The number of hydrogen-bond donors (Lipinski definition) is 1. The van der Waals surface area contributed by atoms with Gasteiger partial charge in [0.25, 0.3) is 0 Å². The Hall–Kier alpha value is -3.16. The molecule has 5 nitrogen and oxygen atoms in total. The molecule has 2 aliphatic rings. The van der Waals surface area contributed by atoms with E-state index in [1.165, 1.54) is 23.0 Å². The lowest BCUT2D eigenvalue weighted by molar-refractivity contribution is -0.141. The van der Waals surface area contributed by atoms with Crippen LogP contribution in [-0.2, 0) is 10.2 Å². The smallest absolute Gasteiger partial charge is 0.320 e. The van der Waals surface area contributed by atoms with Crippen LogP contribution in [0.3, 0.4) is 0 Å². The molecule has 172 valence electrons. The van der Waals surface area contributed by atoms with Crippen LogP contribution in [0.4, 0.5) is 4.39 Å². The Kier molecular flexibility index (Phi) is 5.00. The Labute approximate surface area is 200 Å². The van der Waals surface area contributed by atoms with E-state index in [0.717, 1.165) is 34.4 Å². The molecule has 7 heteroatoms. The first-order valence-electron chi connectivity index (χ1n) is 11.5. The van der Waals surface area contributed by atoms with Gasteiger partial charge in [-0.15, -0.1) is 0 Å². The maximum absolute atomic E-state index is 15.2. The third-order valence-corrected chi connectivity index (χ3v) is 8.35. The van der Waals surface area contributed by atoms with Gasteiger partial charge in [-0.3, -0.25) is 9.69 Å². The van der Waals surface area contributed by atoms with E-state index in [1.807, 2.05) is 23.1 Å². The van der Waals surface area contributed by atoms with Crippen LogP contribution in [-0.4, -0.2) is 45.6 Å². The first-order chi connectivity index (χ1) is 16.4. The fourth-order valence-electron chi connectivity index (χ4n) is 5.26. The van der Waals surface area contributed by atoms with Crippen molar-refractivity contribution in [1.82, 2.24) is 14.9 Å². The van der Waals surface area contributed by atoms with Crippen LogP contribution in [0.5, 0.6) is 0 Å². The maximum atomic E-state index is 15.2. The molecule has 1 aliphatic heterocycles. The summed E-state index contributed by atoms with van der Waals surface area (Å²) in [7, 11) is 1.80. The standard InChI is InChI=1S/C27H24FN3O2S/c1-31-15-17(14-22(31)26(32)33)16-7-8-19(20(28)13-16)24-29-21-9-10-23(30-25(21)34-24)27(11-12-27)18-5-3-2-4-6-18/h2-10,13,17,22H,11-12,14-15H2,1H3,(H,32,33). The topological polar surface area (TPSA) is 66.3 Å². The van der Waals surface area contributed by atoms with Crippen molar-refractivity contribution in [3.63, 3.8) is 0 Å². The molecular weight excluding hydrogens is 449 g/mol. The van der Waals surface area contributed by atoms with Gasteiger partial charge < -0.3 is 5.11 Å². The summed E-state index contributed by atoms with van der Waals surface area (Å²) < 4.78 is 15.2. The van der Waals surface area contributed by atoms with Crippen molar-refractivity contribution in [2.24, 2.45) is 0 Å². The fraction of sp³-hybridized carbons (Fsp3) is 0.296. The number of carboxylic acids is 1. The van der Waals surface area contributed by atoms with Crippen molar-refractivity contribution in [3.05, 3.63) is 83.3 Å². The van der Waals surface area contributed by atoms with Gasteiger partial charge in [-0.2, -0.15) is 0 Å². The summed E-state index contributed by atoms with van der Waals surface area (Å²) in [6, 6.07) is 19.2. The maximum Gasteiger partial charge on any atom is 0.320 e. The minimum absolute atomic E-state index is 0.00181. The largest absolute Gasteiger partial charge is 0.480 e. The number of aliphatic carboxylic acids is 1. The number of pyridine rings is 1. The highest BCUT2D eigenvalue weighted by Gasteiger charge is 2.47. The zero-order chi connectivity index (χ0) is 23.4. The monoisotopic (exact) mass is 473 g/mol. The normalized spacial score (nSPS) is 21.7. The number of likely N-dealkylation sites (N-methyl/N-ethyl adjacent to an activating group) is 1. The second-order valence-electron chi connectivity index (χ2n) is 9.45. The number of nitrogens with zero attached hydrogens (tertiary/aromatic N) is 3. The summed E-state index contributed by atoms with van der Waals surface area (Å²) in [5.41, 5.74) is 4.38. The molecule has 2 fully saturated rings. The van der Waals surface area contributed by atoms with Crippen molar-refractivity contribution in [2.75, 3.05) is 13.6 Å². The minimum atomic E-state index is -0.830. The van der Waals surface area contributed by atoms with E-state index in [1.54, 1.807) is 13.1 Å². The summed E-state index contributed by atoms with van der Waals surface area (Å²) in [5.74, 6) is -1.16. The van der Waals surface area contributed by atoms with Crippen molar-refractivity contribution in [3.8, 4) is 10.6 Å². The molecule has 34 heavy (non-hydrogen) atoms. The van der Waals surface area contributed by atoms with E-state index in [2.05, 4.69) is 35.3 Å². The highest BCUT2D eigenvalue weighted by Crippen LogP contribution is 2.53. The van der Waals surface area contributed by atoms with Gasteiger partial charge in [0.05, 0.1) is 5.69 Å². The summed E-state index contributed by atoms with van der Waals surface area (Å²) in [6.07, 6.45) is 2.65. The van der Waals surface area contributed by atoms with E-state index >= 15 is 4.39 Å². The molecule has 2 aromatic carbocycles. The number of aromatic nitrogens is 2. The van der Waals surface area contributed by atoms with Crippen LogP contribution in [0.15, 0.2) is 60.7 Å². The molecule has 0 bridgehead atoms. The van der Waals surface area contributed by atoms with Crippen LogP contribution in [0.25, 0.3) is 20.9 Å². The molecule has 1 N–H and O–H groups in total. The summed E-state index contributed by atoms with van der Waals surface area (Å²) in [6.45, 7) is 0.604. The predicted octanol–water partition coefficient (Wildman–Crippen LogP) is 5.45. The van der Waals surface area contributed by atoms with Crippen molar-refractivity contribution < 1.29 is 14.3 Å². The zero-order valence-corrected chi connectivity index (χ0v) is 19.6. The number of likely N-dealkylation sites (tertiary alicyclic amines) is 1. The summed E-state index contributed by atoms with van der Waals surface area (Å²) in [5, 5.41) is 9.99. The fourth-order valence-corrected chi connectivity index (χ4v) is 6.23. The zero-order valence-electron chi connectivity index (χ0n) is 18.7. The number of carboxylic acid groups (broad SMARTS) is 1. The van der Waals surface area contributed by atoms with Gasteiger partial charge in [0, 0.05) is 17.5 Å². The highest BCUT2D eigenvalue weighted by molar-refractivity contribution is 7.21. The van der Waals surface area contributed by atoms with E-state index < -0.39 is 12.0 Å². The Morgan fingerprint density at radius 1 is 1.12 bits per heavy atom. The van der Waals surface area contributed by atoms with Crippen molar-refractivity contribution in [2.45, 2.75) is 36.6 Å². The van der Waals surface area contributed by atoms with Gasteiger partial charge in [0.2, 0.25) is 0 Å². The summed E-state index contributed by atoms with van der Waals surface area (Å²) >= 11 is 1.41. The molecule has 3 heterocycles. The van der Waals surface area contributed by atoms with E-state index in [0.29, 0.717) is 23.5 Å². The Morgan fingerprint density at radius 2 is 1.91 bits per heavy atom. The van der Waals surface area contributed by atoms with Crippen LogP contribution in [0, 0.1) is 5.82 Å². The lowest BCUT2D eigenvalue weighted by Gasteiger charge is -2.14. The van der Waals surface area contributed by atoms with Crippen LogP contribution < -0.4 is 0 Å². The van der Waals surface area contributed by atoms with Crippen LogP contribution in [0.1, 0.15) is 42.0 Å². The number of hydrogen-bond acceptors (Lipinski definition) is 5. The van der Waals surface area contributed by atoms with E-state index in [4.69, 9.17) is 4.98 Å². The quantitative estimate of drug-likeness (QED) is 0.418. The van der Waals surface area contributed by atoms with Gasteiger partial charge in [0.1, 0.15) is 27.2 Å². The molecule has 0 spiro atoms. The second-order valence-corrected chi connectivity index (χ2v) is 10.4. The van der Waals surface area contributed by atoms with Crippen LogP contribution in [0.2, 0.25) is 0 Å². The summed E-state index contributed by atoms with van der Waals surface area (Å²) in [4.78, 5) is 23.7. The Bertz CT molecular complexity index is 1400. The van der Waals surface area contributed by atoms with Gasteiger partial charge in [-0.05, 0) is 67.6 Å². The average Bonchev–Trinajstić information content (AvgIpc) is 3.39. The molecule has 1 saturated heterocycles. The number of benzene rings is 2. The highest BCUT2D eigenvalue weighted by atomic mass is 32.1. The van der Waals surface area contributed by atoms with E-state index in [9.17, 15) is 9.90 Å². The molecule has 2 unspecified atom stereocenters. The molecule has 1 saturated carbocycles. The van der Waals surface area contributed by atoms with Gasteiger partial charge in [-0.25, -0.2) is 14.4 Å². The third-order valence-electron chi connectivity index (χ3n) is 7.35. The molecule has 2 atom stereocenters. The van der Waals surface area contributed by atoms with Crippen molar-refractivity contribution >= 4 is 27.7 Å². The molecule has 0 amide bonds. The third kappa shape index (κ3) is 3.51. The van der Waals surface area contributed by atoms with Gasteiger partial charge >= 0.3 is 5.97 Å². The van der Waals surface area contributed by atoms with Gasteiger partial charge in [-0.1, -0.05) is 47.7 Å². The molecule has 2 aromatic heterocycles. The van der Waals surface area contributed by atoms with Crippen molar-refractivity contribution in [1.29, 1.82) is 0 Å².